The number of hydrogen-bond acceptors (Lipinski definition) is 2. The Morgan fingerprint density at radius 1 is 1.12 bits per heavy atom. The second-order valence-corrected chi connectivity index (χ2v) is 4.59. The van der Waals surface area contributed by atoms with Gasteiger partial charge in [0.15, 0.2) is 0 Å². The number of ether oxygens (including phenoxy) is 1. The van der Waals surface area contributed by atoms with Crippen LogP contribution >= 0.6 is 27.5 Å². The highest BCUT2D eigenvalue weighted by Crippen LogP contribution is 2.31. The monoisotopic (exact) mass is 315 g/mol. The van der Waals surface area contributed by atoms with Gasteiger partial charge < -0.3 is 10.5 Å². The maximum atomic E-state index is 13.4. The predicted molar refractivity (Wildman–Crippen MR) is 70.0 cm³/mol. The normalized spacial score (nSPS) is 10.3. The van der Waals surface area contributed by atoms with Gasteiger partial charge in [-0.1, -0.05) is 11.6 Å². The number of hydrogen-bond donors (Lipinski definition) is 1. The molecule has 5 heteroatoms. The summed E-state index contributed by atoms with van der Waals surface area (Å²) in [4.78, 5) is 0. The summed E-state index contributed by atoms with van der Waals surface area (Å²) in [5.74, 6) is 0.440. The van der Waals surface area contributed by atoms with Crippen LogP contribution < -0.4 is 10.5 Å². The first-order chi connectivity index (χ1) is 8.06. The van der Waals surface area contributed by atoms with E-state index >= 15 is 0 Å². The fourth-order valence-corrected chi connectivity index (χ4v) is 1.64. The standard InChI is InChI=1S/C12H8BrClFNO/c13-12-10(15)5-9(6-11(12)16)17-8-3-1-7(14)2-4-8/h1-6H,16H2. The van der Waals surface area contributed by atoms with Crippen molar-refractivity contribution in [3.63, 3.8) is 0 Å². The van der Waals surface area contributed by atoms with Gasteiger partial charge in [0.2, 0.25) is 0 Å². The molecule has 0 aliphatic heterocycles. The third-order valence-electron chi connectivity index (χ3n) is 2.08. The molecule has 0 aliphatic rings. The summed E-state index contributed by atoms with van der Waals surface area (Å²) in [6, 6.07) is 9.57. The van der Waals surface area contributed by atoms with Gasteiger partial charge in [-0.15, -0.1) is 0 Å². The van der Waals surface area contributed by atoms with Crippen LogP contribution in [0.4, 0.5) is 10.1 Å². The number of halogens is 3. The highest BCUT2D eigenvalue weighted by Gasteiger charge is 2.07. The Hall–Kier alpha value is -1.26. The molecule has 0 saturated heterocycles. The zero-order valence-corrected chi connectivity index (χ0v) is 10.9. The summed E-state index contributed by atoms with van der Waals surface area (Å²) >= 11 is 8.78. The zero-order chi connectivity index (χ0) is 12.4. The second-order valence-electron chi connectivity index (χ2n) is 3.36. The van der Waals surface area contributed by atoms with Crippen LogP contribution in [0.1, 0.15) is 0 Å². The molecule has 0 fully saturated rings. The molecule has 0 heterocycles. The van der Waals surface area contributed by atoms with Crippen molar-refractivity contribution >= 4 is 33.2 Å². The van der Waals surface area contributed by atoms with E-state index in [0.29, 0.717) is 16.5 Å². The molecule has 17 heavy (non-hydrogen) atoms. The van der Waals surface area contributed by atoms with Crippen LogP contribution in [-0.4, -0.2) is 0 Å². The highest BCUT2D eigenvalue weighted by molar-refractivity contribution is 9.10. The van der Waals surface area contributed by atoms with Crippen molar-refractivity contribution in [2.45, 2.75) is 0 Å². The van der Waals surface area contributed by atoms with E-state index in [-0.39, 0.29) is 10.2 Å². The molecule has 0 unspecified atom stereocenters. The molecule has 2 rings (SSSR count). The minimum atomic E-state index is -0.464. The summed E-state index contributed by atoms with van der Waals surface area (Å²) in [7, 11) is 0. The lowest BCUT2D eigenvalue weighted by atomic mass is 10.3. The van der Waals surface area contributed by atoms with Crippen molar-refractivity contribution in [2.24, 2.45) is 0 Å². The molecule has 0 saturated carbocycles. The Morgan fingerprint density at radius 3 is 2.35 bits per heavy atom. The van der Waals surface area contributed by atoms with Gasteiger partial charge in [0.1, 0.15) is 17.3 Å². The van der Waals surface area contributed by atoms with Gasteiger partial charge in [-0.3, -0.25) is 0 Å². The Bertz CT molecular complexity index is 522. The third kappa shape index (κ3) is 2.90. The number of anilines is 1. The minimum Gasteiger partial charge on any atom is -0.457 e. The molecule has 0 radical (unpaired) electrons. The molecule has 0 aliphatic carbocycles. The average molecular weight is 317 g/mol. The van der Waals surface area contributed by atoms with Crippen LogP contribution in [-0.2, 0) is 0 Å². The molecule has 0 bridgehead atoms. The maximum Gasteiger partial charge on any atom is 0.143 e. The summed E-state index contributed by atoms with van der Waals surface area (Å²) in [6.07, 6.45) is 0. The Balaban J connectivity index is 2.27. The Labute approximate surface area is 111 Å². The summed E-state index contributed by atoms with van der Waals surface area (Å²) in [5.41, 5.74) is 5.90. The molecule has 2 N–H and O–H groups in total. The van der Waals surface area contributed by atoms with Crippen molar-refractivity contribution in [3.8, 4) is 11.5 Å². The van der Waals surface area contributed by atoms with Gasteiger partial charge in [0, 0.05) is 17.2 Å². The Kier molecular flexibility index (Phi) is 3.54. The molecule has 0 aromatic heterocycles. The van der Waals surface area contributed by atoms with Gasteiger partial charge in [0.05, 0.1) is 10.2 Å². The van der Waals surface area contributed by atoms with E-state index in [1.54, 1.807) is 30.3 Å². The smallest absolute Gasteiger partial charge is 0.143 e. The second kappa shape index (κ2) is 4.94. The number of nitrogen functional groups attached to an aromatic ring is 1. The molecule has 2 aromatic carbocycles. The average Bonchev–Trinajstić information content (AvgIpc) is 2.29. The molecule has 0 spiro atoms. The van der Waals surface area contributed by atoms with Crippen LogP contribution in [0.5, 0.6) is 11.5 Å². The third-order valence-corrected chi connectivity index (χ3v) is 3.17. The van der Waals surface area contributed by atoms with Gasteiger partial charge in [-0.2, -0.15) is 0 Å². The van der Waals surface area contributed by atoms with E-state index in [0.717, 1.165) is 0 Å². The molecular formula is C12H8BrClFNO. The van der Waals surface area contributed by atoms with E-state index in [1.807, 2.05) is 0 Å². The fraction of sp³-hybridized carbons (Fsp3) is 0. The lowest BCUT2D eigenvalue weighted by Gasteiger charge is -2.08. The summed E-state index contributed by atoms with van der Waals surface area (Å²) in [5, 5.41) is 0.610. The first-order valence-electron chi connectivity index (χ1n) is 4.74. The van der Waals surface area contributed by atoms with Crippen molar-refractivity contribution in [2.75, 3.05) is 5.73 Å². The number of nitrogens with two attached hydrogens (primary N) is 1. The molecule has 0 amide bonds. The van der Waals surface area contributed by atoms with Gasteiger partial charge in [0.25, 0.3) is 0 Å². The van der Waals surface area contributed by atoms with Gasteiger partial charge in [-0.05, 0) is 40.2 Å². The van der Waals surface area contributed by atoms with Crippen LogP contribution in [0.3, 0.4) is 0 Å². The zero-order valence-electron chi connectivity index (χ0n) is 8.58. The first kappa shape index (κ1) is 12.2. The van der Waals surface area contributed by atoms with Crippen molar-refractivity contribution < 1.29 is 9.13 Å². The minimum absolute atomic E-state index is 0.237. The maximum absolute atomic E-state index is 13.4. The van der Waals surface area contributed by atoms with Crippen LogP contribution in [0.25, 0.3) is 0 Å². The van der Waals surface area contributed by atoms with E-state index in [9.17, 15) is 4.39 Å². The lowest BCUT2D eigenvalue weighted by Crippen LogP contribution is -1.92. The quantitative estimate of drug-likeness (QED) is 0.821. The molecular weight excluding hydrogens is 308 g/mol. The van der Waals surface area contributed by atoms with E-state index < -0.39 is 5.82 Å². The van der Waals surface area contributed by atoms with Gasteiger partial charge in [-0.25, -0.2) is 4.39 Å². The first-order valence-corrected chi connectivity index (χ1v) is 5.91. The van der Waals surface area contributed by atoms with Crippen LogP contribution in [0.15, 0.2) is 40.9 Å². The summed E-state index contributed by atoms with van der Waals surface area (Å²) in [6.45, 7) is 0. The van der Waals surface area contributed by atoms with E-state index in [2.05, 4.69) is 15.9 Å². The van der Waals surface area contributed by atoms with E-state index in [4.69, 9.17) is 22.1 Å². The molecule has 88 valence electrons. The van der Waals surface area contributed by atoms with Crippen molar-refractivity contribution in [1.82, 2.24) is 0 Å². The Morgan fingerprint density at radius 2 is 1.76 bits per heavy atom. The number of rotatable bonds is 2. The largest absolute Gasteiger partial charge is 0.457 e. The van der Waals surface area contributed by atoms with Crippen LogP contribution in [0.2, 0.25) is 5.02 Å². The predicted octanol–water partition coefficient (Wildman–Crippen LogP) is 4.62. The topological polar surface area (TPSA) is 35.2 Å². The van der Waals surface area contributed by atoms with Crippen molar-refractivity contribution in [3.05, 3.63) is 51.7 Å². The molecule has 2 nitrogen and oxygen atoms in total. The molecule has 2 aromatic rings. The number of benzene rings is 2. The fourth-order valence-electron chi connectivity index (χ4n) is 1.28. The van der Waals surface area contributed by atoms with E-state index in [1.165, 1.54) is 6.07 Å². The van der Waals surface area contributed by atoms with Crippen LogP contribution in [0, 0.1) is 5.82 Å². The van der Waals surface area contributed by atoms with Crippen molar-refractivity contribution in [1.29, 1.82) is 0 Å². The highest BCUT2D eigenvalue weighted by atomic mass is 79.9. The lowest BCUT2D eigenvalue weighted by molar-refractivity contribution is 0.476. The summed E-state index contributed by atoms with van der Waals surface area (Å²) < 4.78 is 19.1. The molecule has 0 atom stereocenters. The van der Waals surface area contributed by atoms with Gasteiger partial charge >= 0.3 is 0 Å². The SMILES string of the molecule is Nc1cc(Oc2ccc(Cl)cc2)cc(F)c1Br.